The minimum Gasteiger partial charge on any atom is -0.360 e. The van der Waals surface area contributed by atoms with E-state index in [-0.39, 0.29) is 0 Å². The van der Waals surface area contributed by atoms with E-state index in [0.29, 0.717) is 5.92 Å². The molecule has 0 spiro atoms. The van der Waals surface area contributed by atoms with Crippen molar-refractivity contribution in [3.63, 3.8) is 0 Å². The largest absolute Gasteiger partial charge is 0.360 e. The van der Waals surface area contributed by atoms with E-state index in [1.165, 1.54) is 0 Å². The summed E-state index contributed by atoms with van der Waals surface area (Å²) in [6.45, 7) is 12.5. The van der Waals surface area contributed by atoms with Crippen molar-refractivity contribution in [3.8, 4) is 0 Å². The van der Waals surface area contributed by atoms with E-state index in [9.17, 15) is 0 Å². The van der Waals surface area contributed by atoms with E-state index >= 15 is 0 Å². The summed E-state index contributed by atoms with van der Waals surface area (Å²) >= 11 is 0. The number of rotatable bonds is 11. The molecule has 1 heterocycles. The lowest BCUT2D eigenvalue weighted by Crippen LogP contribution is -2.31. The lowest BCUT2D eigenvalue weighted by molar-refractivity contribution is 0.209. The standard InChI is InChI=1S/C16H32N4O/c1-6-7-20(9-8-19(4)5)13-16-10-15(18-21-16)12-17-11-14(2)3/h10,14,17H,6-9,11-13H2,1-5H3. The molecule has 21 heavy (non-hydrogen) atoms. The molecule has 0 saturated carbocycles. The normalized spacial score (nSPS) is 12.0. The van der Waals surface area contributed by atoms with Gasteiger partial charge < -0.3 is 14.7 Å². The van der Waals surface area contributed by atoms with Gasteiger partial charge in [-0.2, -0.15) is 0 Å². The van der Waals surface area contributed by atoms with Gasteiger partial charge in [-0.25, -0.2) is 0 Å². The van der Waals surface area contributed by atoms with Gasteiger partial charge in [0.05, 0.1) is 12.2 Å². The molecule has 0 bridgehead atoms. The summed E-state index contributed by atoms with van der Waals surface area (Å²) in [5.41, 5.74) is 0.995. The summed E-state index contributed by atoms with van der Waals surface area (Å²) in [7, 11) is 4.22. The van der Waals surface area contributed by atoms with Crippen LogP contribution >= 0.6 is 0 Å². The molecule has 0 aliphatic heterocycles. The summed E-state index contributed by atoms with van der Waals surface area (Å²) in [5.74, 6) is 1.62. The van der Waals surface area contributed by atoms with Crippen LogP contribution in [0.2, 0.25) is 0 Å². The van der Waals surface area contributed by atoms with Crippen LogP contribution in [0.4, 0.5) is 0 Å². The van der Waals surface area contributed by atoms with Gasteiger partial charge in [-0.15, -0.1) is 0 Å². The second-order valence-electron chi connectivity index (χ2n) is 6.39. The maximum Gasteiger partial charge on any atom is 0.151 e. The van der Waals surface area contributed by atoms with Crippen LogP contribution in [0.15, 0.2) is 10.6 Å². The molecule has 1 rings (SSSR count). The van der Waals surface area contributed by atoms with Crippen LogP contribution in [0.5, 0.6) is 0 Å². The Kier molecular flexibility index (Phi) is 8.57. The SMILES string of the molecule is CCCN(CCN(C)C)Cc1cc(CNCC(C)C)no1. The molecule has 5 heteroatoms. The third-order valence-corrected chi connectivity index (χ3v) is 3.25. The van der Waals surface area contributed by atoms with Gasteiger partial charge in [0.1, 0.15) is 0 Å². The van der Waals surface area contributed by atoms with Gasteiger partial charge in [0, 0.05) is 25.7 Å². The van der Waals surface area contributed by atoms with Crippen LogP contribution in [0.3, 0.4) is 0 Å². The second-order valence-corrected chi connectivity index (χ2v) is 6.39. The zero-order valence-corrected chi connectivity index (χ0v) is 14.4. The summed E-state index contributed by atoms with van der Waals surface area (Å²) in [5, 5.41) is 7.54. The minimum absolute atomic E-state index is 0.655. The molecule has 5 nitrogen and oxygen atoms in total. The predicted octanol–water partition coefficient (Wildman–Crippen LogP) is 2.19. The quantitative estimate of drug-likeness (QED) is 0.678. The smallest absolute Gasteiger partial charge is 0.151 e. The van der Waals surface area contributed by atoms with Gasteiger partial charge in [0.25, 0.3) is 0 Å². The Balaban J connectivity index is 2.42. The molecule has 0 saturated heterocycles. The topological polar surface area (TPSA) is 44.5 Å². The Morgan fingerprint density at radius 1 is 1.24 bits per heavy atom. The molecule has 1 N–H and O–H groups in total. The third-order valence-electron chi connectivity index (χ3n) is 3.25. The Labute approximate surface area is 129 Å². The molecule has 1 aromatic rings. The molecule has 0 unspecified atom stereocenters. The summed E-state index contributed by atoms with van der Waals surface area (Å²) in [4.78, 5) is 4.64. The average Bonchev–Trinajstić information content (AvgIpc) is 2.83. The van der Waals surface area contributed by atoms with E-state index in [0.717, 1.165) is 57.1 Å². The number of nitrogens with one attached hydrogen (secondary N) is 1. The highest BCUT2D eigenvalue weighted by atomic mass is 16.5. The molecule has 0 atom stereocenters. The molecule has 0 fully saturated rings. The van der Waals surface area contributed by atoms with E-state index in [2.05, 4.69) is 61.2 Å². The zero-order chi connectivity index (χ0) is 15.7. The predicted molar refractivity (Wildman–Crippen MR) is 87.2 cm³/mol. The Morgan fingerprint density at radius 2 is 2.00 bits per heavy atom. The summed E-state index contributed by atoms with van der Waals surface area (Å²) in [6, 6.07) is 2.08. The highest BCUT2D eigenvalue weighted by Crippen LogP contribution is 2.08. The van der Waals surface area contributed by atoms with Gasteiger partial charge in [0.15, 0.2) is 5.76 Å². The van der Waals surface area contributed by atoms with Crippen molar-refractivity contribution in [2.24, 2.45) is 5.92 Å². The fourth-order valence-electron chi connectivity index (χ4n) is 2.15. The zero-order valence-electron chi connectivity index (χ0n) is 14.4. The van der Waals surface area contributed by atoms with Gasteiger partial charge in [-0.1, -0.05) is 25.9 Å². The highest BCUT2D eigenvalue weighted by molar-refractivity contribution is 5.05. The van der Waals surface area contributed by atoms with Crippen LogP contribution in [0.1, 0.15) is 38.6 Å². The highest BCUT2D eigenvalue weighted by Gasteiger charge is 2.10. The summed E-state index contributed by atoms with van der Waals surface area (Å²) < 4.78 is 5.46. The third kappa shape index (κ3) is 8.19. The maximum absolute atomic E-state index is 5.46. The Hall–Kier alpha value is -0.910. The first kappa shape index (κ1) is 18.1. The monoisotopic (exact) mass is 296 g/mol. The number of nitrogens with zero attached hydrogens (tertiary/aromatic N) is 3. The van der Waals surface area contributed by atoms with Crippen molar-refractivity contribution < 1.29 is 4.52 Å². The number of aromatic nitrogens is 1. The number of likely N-dealkylation sites (N-methyl/N-ethyl adjacent to an activating group) is 1. The average molecular weight is 296 g/mol. The van der Waals surface area contributed by atoms with E-state index < -0.39 is 0 Å². The Bertz CT molecular complexity index is 376. The van der Waals surface area contributed by atoms with E-state index in [4.69, 9.17) is 4.52 Å². The summed E-state index contributed by atoms with van der Waals surface area (Å²) in [6.07, 6.45) is 1.16. The van der Waals surface area contributed by atoms with Crippen LogP contribution in [0, 0.1) is 5.92 Å². The lowest BCUT2D eigenvalue weighted by atomic mass is 10.2. The van der Waals surface area contributed by atoms with E-state index in [1.807, 2.05) is 0 Å². The van der Waals surface area contributed by atoms with Gasteiger partial charge in [-0.3, -0.25) is 4.90 Å². The van der Waals surface area contributed by atoms with Crippen molar-refractivity contribution in [3.05, 3.63) is 17.5 Å². The van der Waals surface area contributed by atoms with Gasteiger partial charge >= 0.3 is 0 Å². The Morgan fingerprint density at radius 3 is 2.62 bits per heavy atom. The first-order valence-electron chi connectivity index (χ1n) is 8.03. The van der Waals surface area contributed by atoms with Crippen LogP contribution in [-0.4, -0.2) is 55.2 Å². The first-order chi connectivity index (χ1) is 10.0. The molecule has 122 valence electrons. The number of hydrogen-bond donors (Lipinski definition) is 1. The molecule has 1 aromatic heterocycles. The second kappa shape index (κ2) is 9.92. The molecule has 0 amide bonds. The molecule has 0 aliphatic carbocycles. The molecule has 0 radical (unpaired) electrons. The molecule has 0 aliphatic rings. The maximum atomic E-state index is 5.46. The van der Waals surface area contributed by atoms with Crippen molar-refractivity contribution in [1.29, 1.82) is 0 Å². The molecular weight excluding hydrogens is 264 g/mol. The van der Waals surface area contributed by atoms with E-state index in [1.54, 1.807) is 0 Å². The number of hydrogen-bond acceptors (Lipinski definition) is 5. The van der Waals surface area contributed by atoms with Crippen LogP contribution in [0.25, 0.3) is 0 Å². The fraction of sp³-hybridized carbons (Fsp3) is 0.812. The van der Waals surface area contributed by atoms with Crippen molar-refractivity contribution >= 4 is 0 Å². The van der Waals surface area contributed by atoms with Gasteiger partial charge in [-0.05, 0) is 39.5 Å². The molecular formula is C16H32N4O. The lowest BCUT2D eigenvalue weighted by Gasteiger charge is -2.22. The van der Waals surface area contributed by atoms with Crippen molar-refractivity contribution in [2.75, 3.05) is 40.3 Å². The van der Waals surface area contributed by atoms with Crippen LogP contribution in [-0.2, 0) is 13.1 Å². The van der Waals surface area contributed by atoms with Crippen LogP contribution < -0.4 is 5.32 Å². The first-order valence-corrected chi connectivity index (χ1v) is 8.03. The molecule has 0 aromatic carbocycles. The van der Waals surface area contributed by atoms with Crippen molar-refractivity contribution in [1.82, 2.24) is 20.3 Å². The minimum atomic E-state index is 0.655. The fourth-order valence-corrected chi connectivity index (χ4v) is 2.15. The van der Waals surface area contributed by atoms with Gasteiger partial charge in [0.2, 0.25) is 0 Å². The van der Waals surface area contributed by atoms with Crippen molar-refractivity contribution in [2.45, 2.75) is 40.3 Å².